The summed E-state index contributed by atoms with van der Waals surface area (Å²) < 4.78 is 12.8. The second-order valence-corrected chi connectivity index (χ2v) is 9.86. The van der Waals surface area contributed by atoms with Gasteiger partial charge in [0.25, 0.3) is 11.4 Å². The summed E-state index contributed by atoms with van der Waals surface area (Å²) in [5.41, 5.74) is 2.99. The summed E-state index contributed by atoms with van der Waals surface area (Å²) in [7, 11) is 0. The molecular formula is C25H28N6O4. The number of hydrogen-bond acceptors (Lipinski definition) is 7. The Kier molecular flexibility index (Phi) is 5.66. The lowest BCUT2D eigenvalue weighted by Crippen LogP contribution is -2.41. The van der Waals surface area contributed by atoms with Crippen LogP contribution in [0, 0.1) is 6.92 Å². The second-order valence-electron chi connectivity index (χ2n) is 9.86. The Bertz CT molecular complexity index is 1440. The quantitative estimate of drug-likeness (QED) is 0.471. The van der Waals surface area contributed by atoms with E-state index in [1.54, 1.807) is 21.7 Å². The lowest BCUT2D eigenvalue weighted by molar-refractivity contribution is 0.0203. The molecule has 1 saturated heterocycles. The SMILES string of the molecule is Cc1ccccc1-c1noc(-c2cnn3c(C4CCN(C(=O)OC(C)(C)C)CC4)cc(=O)[nH]c23)n1. The molecule has 0 spiro atoms. The van der Waals surface area contributed by atoms with Crippen LogP contribution in [0.4, 0.5) is 4.79 Å². The van der Waals surface area contributed by atoms with Crippen LogP contribution < -0.4 is 5.56 Å². The molecule has 0 unspecified atom stereocenters. The predicted molar refractivity (Wildman–Crippen MR) is 129 cm³/mol. The van der Waals surface area contributed by atoms with Crippen molar-refractivity contribution < 1.29 is 14.1 Å². The molecule has 4 aromatic rings. The first-order chi connectivity index (χ1) is 16.7. The molecule has 0 bridgehead atoms. The van der Waals surface area contributed by atoms with Gasteiger partial charge >= 0.3 is 6.09 Å². The lowest BCUT2D eigenvalue weighted by Gasteiger charge is -2.33. The zero-order valence-electron chi connectivity index (χ0n) is 20.2. The number of carbonyl (C=O) groups excluding carboxylic acids is 1. The number of H-pyrrole nitrogens is 1. The van der Waals surface area contributed by atoms with Gasteiger partial charge in [0.2, 0.25) is 5.82 Å². The fourth-order valence-electron chi connectivity index (χ4n) is 4.41. The molecule has 1 amide bonds. The average Bonchev–Trinajstić information content (AvgIpc) is 3.45. The molecule has 0 radical (unpaired) electrons. The van der Waals surface area contributed by atoms with Gasteiger partial charge in [-0.3, -0.25) is 4.79 Å². The fourth-order valence-corrected chi connectivity index (χ4v) is 4.41. The van der Waals surface area contributed by atoms with Gasteiger partial charge in [0.05, 0.1) is 11.9 Å². The maximum Gasteiger partial charge on any atom is 0.410 e. The fraction of sp³-hybridized carbons (Fsp3) is 0.400. The number of benzene rings is 1. The van der Waals surface area contributed by atoms with Gasteiger partial charge in [0, 0.05) is 30.6 Å². The Morgan fingerprint density at radius 2 is 1.91 bits per heavy atom. The number of carbonyl (C=O) groups is 1. The van der Waals surface area contributed by atoms with E-state index >= 15 is 0 Å². The third-order valence-corrected chi connectivity index (χ3v) is 6.14. The van der Waals surface area contributed by atoms with Crippen LogP contribution in [0.2, 0.25) is 0 Å². The molecule has 0 atom stereocenters. The highest BCUT2D eigenvalue weighted by molar-refractivity contribution is 5.72. The Balaban J connectivity index is 1.41. The van der Waals surface area contributed by atoms with E-state index in [0.29, 0.717) is 43.0 Å². The first-order valence-corrected chi connectivity index (χ1v) is 11.7. The smallest absolute Gasteiger partial charge is 0.410 e. The number of amides is 1. The molecule has 0 saturated carbocycles. The number of nitrogens with one attached hydrogen (secondary N) is 1. The van der Waals surface area contributed by atoms with E-state index in [-0.39, 0.29) is 23.5 Å². The monoisotopic (exact) mass is 476 g/mol. The Morgan fingerprint density at radius 3 is 2.63 bits per heavy atom. The largest absolute Gasteiger partial charge is 0.444 e. The van der Waals surface area contributed by atoms with Crippen molar-refractivity contribution >= 4 is 11.7 Å². The summed E-state index contributed by atoms with van der Waals surface area (Å²) in [6, 6.07) is 9.37. The summed E-state index contributed by atoms with van der Waals surface area (Å²) in [4.78, 5) is 34.1. The number of fused-ring (bicyclic) bond motifs is 1. The first kappa shape index (κ1) is 22.8. The minimum atomic E-state index is -0.536. The summed E-state index contributed by atoms with van der Waals surface area (Å²) in [5, 5.41) is 8.66. The molecule has 1 N–H and O–H groups in total. The average molecular weight is 477 g/mol. The topological polar surface area (TPSA) is 119 Å². The molecule has 10 heteroatoms. The molecule has 1 aliphatic rings. The van der Waals surface area contributed by atoms with E-state index in [1.165, 1.54) is 0 Å². The number of likely N-dealkylation sites (tertiary alicyclic amines) is 1. The standard InChI is InChI=1S/C25H28N6O4/c1-15-7-5-6-8-17(15)21-28-23(35-29-21)18-14-26-31-19(13-20(32)27-22(18)31)16-9-11-30(12-10-16)24(33)34-25(2,3)4/h5-8,13-14,16H,9-12H2,1-4H3,(H,27,32). The molecule has 5 rings (SSSR count). The molecule has 1 fully saturated rings. The minimum Gasteiger partial charge on any atom is -0.444 e. The van der Waals surface area contributed by atoms with E-state index in [9.17, 15) is 9.59 Å². The molecule has 35 heavy (non-hydrogen) atoms. The Morgan fingerprint density at radius 1 is 1.17 bits per heavy atom. The third kappa shape index (κ3) is 4.55. The number of hydrogen-bond donors (Lipinski definition) is 1. The van der Waals surface area contributed by atoms with Gasteiger partial charge in [-0.05, 0) is 46.1 Å². The van der Waals surface area contributed by atoms with Crippen LogP contribution >= 0.6 is 0 Å². The first-order valence-electron chi connectivity index (χ1n) is 11.7. The Labute approximate surface area is 201 Å². The van der Waals surface area contributed by atoms with Crippen LogP contribution in [0.5, 0.6) is 0 Å². The van der Waals surface area contributed by atoms with Crippen LogP contribution in [-0.2, 0) is 4.74 Å². The van der Waals surface area contributed by atoms with Crippen molar-refractivity contribution in [3.05, 3.63) is 58.1 Å². The maximum absolute atomic E-state index is 12.6. The van der Waals surface area contributed by atoms with E-state index < -0.39 is 5.60 Å². The summed E-state index contributed by atoms with van der Waals surface area (Å²) >= 11 is 0. The lowest BCUT2D eigenvalue weighted by atomic mass is 9.93. The van der Waals surface area contributed by atoms with E-state index in [4.69, 9.17) is 9.26 Å². The van der Waals surface area contributed by atoms with Crippen molar-refractivity contribution in [3.8, 4) is 22.8 Å². The van der Waals surface area contributed by atoms with Crippen LogP contribution in [-0.4, -0.2) is 54.4 Å². The molecular weight excluding hydrogens is 448 g/mol. The molecule has 1 aliphatic heterocycles. The molecule has 0 aliphatic carbocycles. The number of piperidine rings is 1. The highest BCUT2D eigenvalue weighted by Gasteiger charge is 2.29. The zero-order chi connectivity index (χ0) is 24.7. The van der Waals surface area contributed by atoms with Crippen molar-refractivity contribution in [2.45, 2.75) is 52.1 Å². The van der Waals surface area contributed by atoms with Crippen molar-refractivity contribution in [1.82, 2.24) is 29.6 Å². The summed E-state index contributed by atoms with van der Waals surface area (Å²) in [6.45, 7) is 8.64. The van der Waals surface area contributed by atoms with Gasteiger partial charge in [0.1, 0.15) is 16.8 Å². The van der Waals surface area contributed by atoms with Gasteiger partial charge in [0.15, 0.2) is 0 Å². The van der Waals surface area contributed by atoms with Crippen molar-refractivity contribution in [2.75, 3.05) is 13.1 Å². The van der Waals surface area contributed by atoms with Crippen molar-refractivity contribution in [1.29, 1.82) is 0 Å². The molecule has 1 aromatic carbocycles. The highest BCUT2D eigenvalue weighted by Crippen LogP contribution is 2.31. The maximum atomic E-state index is 12.6. The van der Waals surface area contributed by atoms with Gasteiger partial charge < -0.3 is 19.1 Å². The van der Waals surface area contributed by atoms with E-state index in [1.807, 2.05) is 52.0 Å². The second kappa shape index (κ2) is 8.68. The molecule has 3 aromatic heterocycles. The van der Waals surface area contributed by atoms with Crippen molar-refractivity contribution in [2.24, 2.45) is 0 Å². The number of ether oxygens (including phenoxy) is 1. The number of aryl methyl sites for hydroxylation is 1. The number of rotatable bonds is 3. The van der Waals surface area contributed by atoms with E-state index in [0.717, 1.165) is 16.8 Å². The van der Waals surface area contributed by atoms with Crippen LogP contribution in [0.25, 0.3) is 28.5 Å². The minimum absolute atomic E-state index is 0.0662. The number of aromatic nitrogens is 5. The van der Waals surface area contributed by atoms with Gasteiger partial charge in [-0.1, -0.05) is 29.4 Å². The Hall–Kier alpha value is -3.95. The number of aromatic amines is 1. The van der Waals surface area contributed by atoms with Crippen LogP contribution in [0.3, 0.4) is 0 Å². The van der Waals surface area contributed by atoms with E-state index in [2.05, 4.69) is 20.2 Å². The normalized spacial score (nSPS) is 15.0. The van der Waals surface area contributed by atoms with Gasteiger partial charge in [-0.2, -0.15) is 10.1 Å². The van der Waals surface area contributed by atoms with Crippen LogP contribution in [0.15, 0.2) is 45.8 Å². The molecule has 4 heterocycles. The van der Waals surface area contributed by atoms with Crippen molar-refractivity contribution in [3.63, 3.8) is 0 Å². The summed E-state index contributed by atoms with van der Waals surface area (Å²) in [5.74, 6) is 0.827. The zero-order valence-corrected chi connectivity index (χ0v) is 20.2. The molecule has 10 nitrogen and oxygen atoms in total. The predicted octanol–water partition coefficient (Wildman–Crippen LogP) is 4.16. The third-order valence-electron chi connectivity index (χ3n) is 6.14. The van der Waals surface area contributed by atoms with Crippen LogP contribution in [0.1, 0.15) is 50.8 Å². The number of nitrogens with zero attached hydrogens (tertiary/aromatic N) is 5. The molecule has 182 valence electrons. The summed E-state index contributed by atoms with van der Waals surface area (Å²) in [6.07, 6.45) is 2.71. The highest BCUT2D eigenvalue weighted by atomic mass is 16.6. The van der Waals surface area contributed by atoms with Gasteiger partial charge in [-0.25, -0.2) is 9.31 Å². The van der Waals surface area contributed by atoms with Gasteiger partial charge in [-0.15, -0.1) is 0 Å².